The number of sulfonamides is 2. The Morgan fingerprint density at radius 2 is 0.779 bits per heavy atom. The second-order valence-corrected chi connectivity index (χ2v) is 19.1. The first-order valence-corrected chi connectivity index (χ1v) is 22.7. The van der Waals surface area contributed by atoms with Crippen molar-refractivity contribution in [1.29, 1.82) is 0 Å². The normalized spacial score (nSPS) is 15.9. The number of hydrogen-bond donors (Lipinski definition) is 0. The minimum atomic E-state index is -4.85. The number of alkyl halides is 12. The molecule has 0 N–H and O–H groups in total. The third kappa shape index (κ3) is 13.3. The Hall–Kier alpha value is -5.79. The SMILES string of the molecule is C=Cc1cc(C(F)(F)F)cc(S(=O)(=O)N2CCN(C(=O)Cc3ccc(C(F)(F)F)cc3)CC2)c1.O=Cc1cc(C(F)(F)F)cc(S(=O)(=O)N2CCN(C(=O)Cc3ccc(C(F)(F)F)cc3)CC2)c1. The van der Waals surface area contributed by atoms with Gasteiger partial charge in [-0.3, -0.25) is 14.4 Å². The topological polar surface area (TPSA) is 132 Å². The molecule has 368 valence electrons. The van der Waals surface area contributed by atoms with E-state index in [1.807, 2.05) is 0 Å². The van der Waals surface area contributed by atoms with Gasteiger partial charge in [-0.15, -0.1) is 0 Å². The minimum absolute atomic E-state index is 0.00115. The number of rotatable bonds is 10. The molecule has 2 saturated heterocycles. The predicted octanol–water partition coefficient (Wildman–Crippen LogP) is 8.06. The van der Waals surface area contributed by atoms with E-state index in [9.17, 15) is 83.9 Å². The molecular weight excluding hydrogens is 977 g/mol. The number of carbonyl (C=O) groups is 3. The quantitative estimate of drug-likeness (QED) is 0.116. The molecule has 0 aliphatic carbocycles. The van der Waals surface area contributed by atoms with Gasteiger partial charge in [0, 0.05) is 57.9 Å². The average molecular weight is 1010 g/mol. The standard InChI is InChI=1S/C22H20F6N2O3S.C21H18F6N2O4S/c1-2-15-11-18(22(26,27)28)14-19(12-15)34(32,33)30-9-7-29(8-10-30)20(31)13-16-3-5-17(6-4-16)21(23,24)25;22-20(23,24)16-3-1-14(2-4-16)11-19(31)28-5-7-29(8-6-28)34(32,33)18-10-15(13-30)9-17(12-18)21(25,26)27/h2-6,11-12,14H,1,7-10,13H2;1-4,9-10,12-13H,5-8,11H2. The second kappa shape index (κ2) is 20.4. The van der Waals surface area contributed by atoms with Gasteiger partial charge < -0.3 is 9.80 Å². The second-order valence-electron chi connectivity index (χ2n) is 15.2. The van der Waals surface area contributed by atoms with Crippen LogP contribution in [0.5, 0.6) is 0 Å². The maximum Gasteiger partial charge on any atom is 0.416 e. The lowest BCUT2D eigenvalue weighted by Gasteiger charge is -2.34. The number of hydrogen-bond acceptors (Lipinski definition) is 7. The number of piperazine rings is 2. The van der Waals surface area contributed by atoms with Crippen LogP contribution in [0.1, 0.15) is 49.3 Å². The van der Waals surface area contributed by atoms with Crippen molar-refractivity contribution >= 4 is 44.2 Å². The first-order chi connectivity index (χ1) is 31.4. The van der Waals surface area contributed by atoms with Crippen molar-refractivity contribution in [3.63, 3.8) is 0 Å². The molecule has 25 heteroatoms. The van der Waals surface area contributed by atoms with E-state index >= 15 is 0 Å². The van der Waals surface area contributed by atoms with E-state index in [4.69, 9.17) is 0 Å². The summed E-state index contributed by atoms with van der Waals surface area (Å²) in [5.74, 6) is -0.830. The lowest BCUT2D eigenvalue weighted by Crippen LogP contribution is -2.50. The lowest BCUT2D eigenvalue weighted by atomic mass is 10.1. The monoisotopic (exact) mass is 1010 g/mol. The summed E-state index contributed by atoms with van der Waals surface area (Å²) in [6.07, 6.45) is -17.7. The largest absolute Gasteiger partial charge is 0.416 e. The molecule has 2 heterocycles. The van der Waals surface area contributed by atoms with Crippen molar-refractivity contribution in [3.8, 4) is 0 Å². The minimum Gasteiger partial charge on any atom is -0.340 e. The van der Waals surface area contributed by atoms with E-state index in [1.165, 1.54) is 34.1 Å². The van der Waals surface area contributed by atoms with Crippen LogP contribution in [0.25, 0.3) is 6.08 Å². The van der Waals surface area contributed by atoms with Crippen LogP contribution in [-0.4, -0.2) is 106 Å². The predicted molar refractivity (Wildman–Crippen MR) is 219 cm³/mol. The summed E-state index contributed by atoms with van der Waals surface area (Å²) in [5.41, 5.74) is -3.81. The van der Waals surface area contributed by atoms with Crippen LogP contribution in [0, 0.1) is 0 Å². The van der Waals surface area contributed by atoms with Crippen LogP contribution in [0.2, 0.25) is 0 Å². The highest BCUT2D eigenvalue weighted by molar-refractivity contribution is 7.89. The maximum absolute atomic E-state index is 13.2. The Kier molecular flexibility index (Phi) is 16.0. The number of benzene rings is 4. The number of nitrogens with zero attached hydrogens (tertiary/aromatic N) is 4. The molecule has 4 aromatic carbocycles. The first-order valence-electron chi connectivity index (χ1n) is 19.8. The fourth-order valence-electron chi connectivity index (χ4n) is 6.91. The van der Waals surface area contributed by atoms with Gasteiger partial charge in [0.15, 0.2) is 0 Å². The van der Waals surface area contributed by atoms with Crippen molar-refractivity contribution in [2.75, 3.05) is 52.4 Å². The van der Waals surface area contributed by atoms with Crippen LogP contribution in [0.3, 0.4) is 0 Å². The van der Waals surface area contributed by atoms with E-state index in [0.717, 1.165) is 57.2 Å². The fraction of sp³-hybridized carbons (Fsp3) is 0.326. The molecule has 0 atom stereocenters. The van der Waals surface area contributed by atoms with Gasteiger partial charge in [-0.2, -0.15) is 61.3 Å². The van der Waals surface area contributed by atoms with E-state index in [1.54, 1.807) is 0 Å². The lowest BCUT2D eigenvalue weighted by molar-refractivity contribution is -0.138. The van der Waals surface area contributed by atoms with Gasteiger partial charge in [0.1, 0.15) is 6.29 Å². The summed E-state index contributed by atoms with van der Waals surface area (Å²) < 4.78 is 208. The molecule has 0 aromatic heterocycles. The van der Waals surface area contributed by atoms with E-state index < -0.39 is 94.2 Å². The van der Waals surface area contributed by atoms with Crippen LogP contribution in [-0.2, 0) is 67.2 Å². The smallest absolute Gasteiger partial charge is 0.340 e. The zero-order valence-corrected chi connectivity index (χ0v) is 36.6. The molecule has 2 fully saturated rings. The van der Waals surface area contributed by atoms with Gasteiger partial charge in [0.2, 0.25) is 31.9 Å². The average Bonchev–Trinajstić information content (AvgIpc) is 3.28. The van der Waals surface area contributed by atoms with Crippen molar-refractivity contribution in [2.24, 2.45) is 0 Å². The Morgan fingerprint density at radius 1 is 0.471 bits per heavy atom. The maximum atomic E-state index is 13.2. The third-order valence-corrected chi connectivity index (χ3v) is 14.4. The molecule has 11 nitrogen and oxygen atoms in total. The van der Waals surface area contributed by atoms with E-state index in [2.05, 4.69) is 6.58 Å². The van der Waals surface area contributed by atoms with Gasteiger partial charge in [-0.25, -0.2) is 16.8 Å². The van der Waals surface area contributed by atoms with Gasteiger partial charge in [0.05, 0.1) is 44.9 Å². The van der Waals surface area contributed by atoms with Gasteiger partial charge >= 0.3 is 24.7 Å². The first kappa shape index (κ1) is 53.2. The zero-order chi connectivity index (χ0) is 50.6. The van der Waals surface area contributed by atoms with Gasteiger partial charge in [0.25, 0.3) is 0 Å². The molecule has 68 heavy (non-hydrogen) atoms. The Bertz CT molecular complexity index is 2520. The molecule has 0 unspecified atom stereocenters. The van der Waals surface area contributed by atoms with Crippen molar-refractivity contribution < 1.29 is 83.9 Å². The Morgan fingerprint density at radius 3 is 1.07 bits per heavy atom. The van der Waals surface area contributed by atoms with Crippen molar-refractivity contribution in [3.05, 3.63) is 136 Å². The van der Waals surface area contributed by atoms with Gasteiger partial charge in [-0.1, -0.05) is 36.9 Å². The molecule has 0 saturated carbocycles. The highest BCUT2D eigenvalue weighted by Crippen LogP contribution is 2.35. The fourth-order valence-corrected chi connectivity index (χ4v) is 9.91. The van der Waals surface area contributed by atoms with E-state index in [-0.39, 0.29) is 77.0 Å². The molecule has 2 amide bonds. The van der Waals surface area contributed by atoms with Crippen LogP contribution in [0.15, 0.2) is 101 Å². The number of aldehydes is 1. The van der Waals surface area contributed by atoms with Crippen molar-refractivity contribution in [1.82, 2.24) is 18.4 Å². The summed E-state index contributed by atoms with van der Waals surface area (Å²) in [6.45, 7) is 2.59. The summed E-state index contributed by atoms with van der Waals surface area (Å²) >= 11 is 0. The highest BCUT2D eigenvalue weighted by atomic mass is 32.2. The third-order valence-electron chi connectivity index (χ3n) is 10.6. The Balaban J connectivity index is 0.000000254. The van der Waals surface area contributed by atoms with Crippen molar-refractivity contribution in [2.45, 2.75) is 47.3 Å². The van der Waals surface area contributed by atoms with Crippen LogP contribution < -0.4 is 0 Å². The zero-order valence-electron chi connectivity index (χ0n) is 35.0. The Labute approximate surface area is 381 Å². The molecule has 6 rings (SSSR count). The molecule has 0 bridgehead atoms. The highest BCUT2D eigenvalue weighted by Gasteiger charge is 2.38. The number of carbonyl (C=O) groups excluding carboxylic acids is 3. The summed E-state index contributed by atoms with van der Waals surface area (Å²) in [4.78, 5) is 37.5. The molecule has 0 radical (unpaired) electrons. The van der Waals surface area contributed by atoms with Gasteiger partial charge in [-0.05, 0) is 77.4 Å². The van der Waals surface area contributed by atoms with E-state index in [0.29, 0.717) is 29.3 Å². The number of halogens is 12. The van der Waals surface area contributed by atoms with Crippen LogP contribution in [0.4, 0.5) is 52.7 Å². The molecular formula is C43H38F12N4O7S2. The molecule has 4 aromatic rings. The summed E-state index contributed by atoms with van der Waals surface area (Å²) in [7, 11) is -8.64. The molecule has 2 aliphatic heterocycles. The summed E-state index contributed by atoms with van der Waals surface area (Å²) in [5, 5.41) is 0. The van der Waals surface area contributed by atoms with Crippen LogP contribution >= 0.6 is 0 Å². The summed E-state index contributed by atoms with van der Waals surface area (Å²) in [6, 6.07) is 12.5. The molecule has 2 aliphatic rings. The molecule has 0 spiro atoms. The number of amides is 2.